The van der Waals surface area contributed by atoms with E-state index in [0.717, 1.165) is 23.8 Å². The van der Waals surface area contributed by atoms with Crippen LogP contribution in [0.15, 0.2) is 40.3 Å². The van der Waals surface area contributed by atoms with Crippen LogP contribution in [0.1, 0.15) is 132 Å². The van der Waals surface area contributed by atoms with Crippen molar-refractivity contribution in [3.05, 3.63) is 62.7 Å². The van der Waals surface area contributed by atoms with Gasteiger partial charge in [0, 0.05) is 24.2 Å². The Labute approximate surface area is 284 Å². The minimum atomic E-state index is -0.640. The van der Waals surface area contributed by atoms with Crippen molar-refractivity contribution >= 4 is 11.9 Å². The zero-order chi connectivity index (χ0) is 31.7. The van der Waals surface area contributed by atoms with Gasteiger partial charge in [-0.05, 0) is 32.3 Å². The van der Waals surface area contributed by atoms with Gasteiger partial charge >= 0.3 is 17.6 Å². The molecule has 252 valence electrons. The van der Waals surface area contributed by atoms with Crippen molar-refractivity contribution in [2.75, 3.05) is 6.61 Å². The molecule has 0 aromatic carbocycles. The highest BCUT2D eigenvalue weighted by Gasteiger charge is 2.29. The van der Waals surface area contributed by atoms with Gasteiger partial charge in [0.15, 0.2) is 19.1 Å². The zero-order valence-corrected chi connectivity index (χ0v) is 29.5. The zero-order valence-electron chi connectivity index (χ0n) is 27.3. The number of carbonyl (C=O) groups excluding carboxylic acids is 2. The Kier molecular flexibility index (Phi) is 18.3. The minimum absolute atomic E-state index is 0. The average molecular weight is 742 g/mol. The number of rotatable bonds is 20. The Morgan fingerprint density at radius 3 is 2.18 bits per heavy atom. The Bertz CT molecular complexity index is 1310. The lowest BCUT2D eigenvalue weighted by Crippen LogP contribution is -3.00. The first-order valence-corrected chi connectivity index (χ1v) is 16.6. The van der Waals surface area contributed by atoms with Crippen molar-refractivity contribution in [2.45, 2.75) is 136 Å². The summed E-state index contributed by atoms with van der Waals surface area (Å²) in [6.45, 7) is 3.47. The second kappa shape index (κ2) is 21.3. The van der Waals surface area contributed by atoms with Crippen LogP contribution >= 0.6 is 0 Å². The van der Waals surface area contributed by atoms with E-state index < -0.39 is 30.2 Å². The molecule has 3 heterocycles. The second-order valence-electron chi connectivity index (χ2n) is 12.0. The van der Waals surface area contributed by atoms with E-state index in [-0.39, 0.29) is 42.7 Å². The van der Waals surface area contributed by atoms with Crippen LogP contribution in [0.4, 0.5) is 0 Å². The van der Waals surface area contributed by atoms with Crippen LogP contribution < -0.4 is 39.8 Å². The maximum Gasteiger partial charge on any atom is 0.345 e. The number of aromatic nitrogens is 3. The first-order chi connectivity index (χ1) is 21.3. The molecule has 0 spiro atoms. The maximum atomic E-state index is 13.2. The maximum absolute atomic E-state index is 13.2. The van der Waals surface area contributed by atoms with E-state index in [1.165, 1.54) is 75.0 Å². The van der Waals surface area contributed by atoms with Gasteiger partial charge in [0.2, 0.25) is 0 Å². The van der Waals surface area contributed by atoms with E-state index in [2.05, 4.69) is 6.92 Å². The summed E-state index contributed by atoms with van der Waals surface area (Å²) >= 11 is 0. The summed E-state index contributed by atoms with van der Waals surface area (Å²) in [4.78, 5) is 50.6. The van der Waals surface area contributed by atoms with Gasteiger partial charge in [0.1, 0.15) is 25.4 Å². The summed E-state index contributed by atoms with van der Waals surface area (Å²) in [5.74, 6) is -0.867. The first kappa shape index (κ1) is 38.6. The Morgan fingerprint density at radius 2 is 1.56 bits per heavy atom. The lowest BCUT2D eigenvalue weighted by atomic mass is 10.0. The smallest absolute Gasteiger partial charge is 0.345 e. The second-order valence-corrected chi connectivity index (χ2v) is 12.0. The van der Waals surface area contributed by atoms with Crippen molar-refractivity contribution < 1.29 is 52.3 Å². The third-order valence-electron chi connectivity index (χ3n) is 8.18. The van der Waals surface area contributed by atoms with E-state index in [1.807, 2.05) is 0 Å². The van der Waals surface area contributed by atoms with Gasteiger partial charge in [-0.15, -0.1) is 0 Å². The van der Waals surface area contributed by atoms with Crippen LogP contribution in [-0.2, 0) is 32.8 Å². The molecule has 2 aromatic heterocycles. The van der Waals surface area contributed by atoms with Gasteiger partial charge in [0.25, 0.3) is 5.56 Å². The van der Waals surface area contributed by atoms with Crippen LogP contribution in [0, 0.1) is 6.92 Å². The summed E-state index contributed by atoms with van der Waals surface area (Å²) in [7, 11) is 1.77. The van der Waals surface area contributed by atoms with Gasteiger partial charge in [-0.3, -0.25) is 14.2 Å². The van der Waals surface area contributed by atoms with Crippen molar-refractivity contribution in [3.63, 3.8) is 0 Å². The molecule has 0 amide bonds. The van der Waals surface area contributed by atoms with E-state index in [9.17, 15) is 19.2 Å². The third-order valence-corrected chi connectivity index (χ3v) is 8.18. The molecule has 2 aromatic rings. The number of pyridine rings is 1. The molecule has 45 heavy (non-hydrogen) atoms. The number of aryl methyl sites for hydroxylation is 2. The molecule has 1 aliphatic heterocycles. The summed E-state index contributed by atoms with van der Waals surface area (Å²) in [6, 6.07) is 3.30. The van der Waals surface area contributed by atoms with Crippen LogP contribution in [0.5, 0.6) is 0 Å². The van der Waals surface area contributed by atoms with E-state index >= 15 is 0 Å². The number of esters is 2. The van der Waals surface area contributed by atoms with Gasteiger partial charge < -0.3 is 38.2 Å². The molecular weight excluding hydrogens is 689 g/mol. The fourth-order valence-corrected chi connectivity index (χ4v) is 5.55. The fourth-order valence-electron chi connectivity index (χ4n) is 5.55. The number of carbonyl (C=O) groups is 2. The topological polar surface area (TPSA) is 110 Å². The number of hydrogen-bond donors (Lipinski definition) is 0. The number of ether oxygens (including phenoxy) is 3. The molecule has 0 aliphatic carbocycles. The van der Waals surface area contributed by atoms with Crippen LogP contribution in [0.2, 0.25) is 0 Å². The molecule has 0 radical (unpaired) electrons. The highest BCUT2D eigenvalue weighted by molar-refractivity contribution is 5.88. The quantitative estimate of drug-likeness (QED) is 0.0890. The molecule has 1 aliphatic rings. The van der Waals surface area contributed by atoms with Gasteiger partial charge in [0.05, 0.1) is 6.10 Å². The molecule has 1 fully saturated rings. The monoisotopic (exact) mass is 741 g/mol. The largest absolute Gasteiger partial charge is 1.00 e. The number of hydrogen-bond acceptors (Lipinski definition) is 7. The number of halogens is 1. The summed E-state index contributed by atoms with van der Waals surface area (Å²) in [5, 5.41) is 0. The molecule has 1 saturated heterocycles. The Morgan fingerprint density at radius 1 is 0.933 bits per heavy atom. The molecule has 2 atom stereocenters. The lowest BCUT2D eigenvalue weighted by molar-refractivity contribution is -0.671. The number of nitrogens with zero attached hydrogens (tertiary/aromatic N) is 3. The van der Waals surface area contributed by atoms with Crippen LogP contribution in [0.25, 0.3) is 0 Å². The fraction of sp³-hybridized carbons (Fsp3) is 0.676. The lowest BCUT2D eigenvalue weighted by Gasteiger charge is -2.18. The molecule has 0 unspecified atom stereocenters. The predicted octanol–water partition coefficient (Wildman–Crippen LogP) is 2.66. The van der Waals surface area contributed by atoms with E-state index in [4.69, 9.17) is 14.2 Å². The van der Waals surface area contributed by atoms with Crippen LogP contribution in [-0.4, -0.2) is 33.8 Å². The summed E-state index contributed by atoms with van der Waals surface area (Å²) in [6.07, 6.45) is 21.7. The van der Waals surface area contributed by atoms with Gasteiger partial charge in [-0.1, -0.05) is 84.0 Å². The molecule has 0 saturated carbocycles. The molecule has 0 bridgehead atoms. The van der Waals surface area contributed by atoms with Gasteiger partial charge in [-0.25, -0.2) is 18.7 Å². The van der Waals surface area contributed by atoms with Crippen LogP contribution in [0.3, 0.4) is 0 Å². The Hall–Kier alpha value is -2.54. The Balaban J connectivity index is 0.00000705. The standard InChI is InChI=1S/C34H52N3O7.HI/c1-4-5-6-7-8-9-10-11-12-13-14-15-16-19-31(38)42-25-29-20-21-30(44-29)36-23-27(2)32(39)37(34(36)41)26-43-33(40)28-18-17-22-35(3)24-28;/h17-18,22-24,29-30H,4-16,19-21,25-26H2,1-3H3;1H/q+1;/p-1/t29-,30+;/m0./s1. The van der Waals surface area contributed by atoms with E-state index in [0.29, 0.717) is 30.4 Å². The predicted molar refractivity (Wildman–Crippen MR) is 167 cm³/mol. The van der Waals surface area contributed by atoms with Crippen molar-refractivity contribution in [3.8, 4) is 0 Å². The molecule has 11 heteroatoms. The summed E-state index contributed by atoms with van der Waals surface area (Å²) < 4.78 is 20.7. The van der Waals surface area contributed by atoms with Crippen molar-refractivity contribution in [1.82, 2.24) is 9.13 Å². The molecule has 3 rings (SSSR count). The molecule has 0 N–H and O–H groups in total. The third kappa shape index (κ3) is 13.4. The van der Waals surface area contributed by atoms with Crippen molar-refractivity contribution in [2.24, 2.45) is 7.05 Å². The highest BCUT2D eigenvalue weighted by atomic mass is 127. The molecule has 10 nitrogen and oxygen atoms in total. The van der Waals surface area contributed by atoms with Crippen molar-refractivity contribution in [1.29, 1.82) is 0 Å². The SMILES string of the molecule is CCCCCCCCCCCCCCCC(=O)OC[C@@H]1CC[C@H](n2cc(C)c(=O)n(COC(=O)c3ccc[n+](C)c3)c2=O)O1.[I-]. The molecular formula is C34H52IN3O7. The highest BCUT2D eigenvalue weighted by Crippen LogP contribution is 2.27. The minimum Gasteiger partial charge on any atom is -1.00 e. The van der Waals surface area contributed by atoms with Gasteiger partial charge in [-0.2, -0.15) is 0 Å². The first-order valence-electron chi connectivity index (χ1n) is 16.6. The summed E-state index contributed by atoms with van der Waals surface area (Å²) in [5.41, 5.74) is -0.531. The van der Waals surface area contributed by atoms with E-state index in [1.54, 1.807) is 43.1 Å². The normalized spacial score (nSPS) is 15.9. The number of unbranched alkanes of at least 4 members (excludes halogenated alkanes) is 12. The average Bonchev–Trinajstić information content (AvgIpc) is 3.49.